The third-order valence-electron chi connectivity index (χ3n) is 6.32. The maximum Gasteiger partial charge on any atom is 0.248 e. The van der Waals surface area contributed by atoms with Gasteiger partial charge in [0.25, 0.3) is 0 Å². The van der Waals surface area contributed by atoms with E-state index in [1.54, 1.807) is 12.1 Å². The van der Waals surface area contributed by atoms with Gasteiger partial charge in [0.2, 0.25) is 5.91 Å². The molecule has 2 N–H and O–H groups in total. The maximum absolute atomic E-state index is 11.5. The Morgan fingerprint density at radius 1 is 1.16 bits per heavy atom. The Kier molecular flexibility index (Phi) is 5.27. The van der Waals surface area contributed by atoms with Crippen molar-refractivity contribution in [3.05, 3.63) is 59.7 Å². The second-order valence-corrected chi connectivity index (χ2v) is 8.48. The number of carbonyl (C=O) groups excluding carboxylic acids is 1. The Hall–Kier alpha value is -3.45. The van der Waals surface area contributed by atoms with Crippen LogP contribution in [0.5, 0.6) is 0 Å². The molecule has 4 aromatic rings. The Morgan fingerprint density at radius 3 is 2.56 bits per heavy atom. The van der Waals surface area contributed by atoms with Crippen molar-refractivity contribution in [2.45, 2.75) is 33.2 Å². The average molecular weight is 431 g/mol. The van der Waals surface area contributed by atoms with Crippen LogP contribution in [0.3, 0.4) is 0 Å². The van der Waals surface area contributed by atoms with E-state index in [0.29, 0.717) is 11.5 Å². The van der Waals surface area contributed by atoms with Crippen molar-refractivity contribution in [1.29, 1.82) is 0 Å². The number of rotatable bonds is 5. The van der Waals surface area contributed by atoms with E-state index in [0.717, 1.165) is 77.3 Å². The predicted octanol–water partition coefficient (Wildman–Crippen LogP) is 4.50. The van der Waals surface area contributed by atoms with Crippen molar-refractivity contribution in [3.8, 4) is 22.3 Å². The summed E-state index contributed by atoms with van der Waals surface area (Å²) in [5.41, 5.74) is 12.8. The van der Waals surface area contributed by atoms with Crippen molar-refractivity contribution in [2.75, 3.05) is 13.2 Å². The van der Waals surface area contributed by atoms with Crippen LogP contribution in [0.1, 0.15) is 34.7 Å². The number of pyridine rings is 1. The number of carbonyl (C=O) groups is 1. The summed E-state index contributed by atoms with van der Waals surface area (Å²) >= 11 is 0. The van der Waals surface area contributed by atoms with Gasteiger partial charge in [0.1, 0.15) is 5.76 Å². The molecule has 4 heterocycles. The van der Waals surface area contributed by atoms with Crippen molar-refractivity contribution < 1.29 is 14.1 Å². The molecular formula is C25H26N4O3. The van der Waals surface area contributed by atoms with Gasteiger partial charge in [-0.15, -0.1) is 0 Å². The molecule has 0 radical (unpaired) electrons. The lowest BCUT2D eigenvalue weighted by Gasteiger charge is -2.22. The lowest BCUT2D eigenvalue weighted by molar-refractivity contribution is 0.0616. The Morgan fingerprint density at radius 2 is 1.91 bits per heavy atom. The van der Waals surface area contributed by atoms with Gasteiger partial charge in [0, 0.05) is 54.4 Å². The van der Waals surface area contributed by atoms with Gasteiger partial charge in [-0.05, 0) is 56.4 Å². The molecule has 0 saturated carbocycles. The minimum Gasteiger partial charge on any atom is -0.381 e. The van der Waals surface area contributed by atoms with Crippen LogP contribution in [0.25, 0.3) is 33.3 Å². The van der Waals surface area contributed by atoms with Crippen LogP contribution < -0.4 is 5.73 Å². The first-order valence-electron chi connectivity index (χ1n) is 10.9. The Balaban J connectivity index is 1.63. The smallest absolute Gasteiger partial charge is 0.248 e. The number of aryl methyl sites for hydroxylation is 2. The fourth-order valence-corrected chi connectivity index (χ4v) is 4.58. The van der Waals surface area contributed by atoms with E-state index in [2.05, 4.69) is 22.0 Å². The quantitative estimate of drug-likeness (QED) is 0.503. The standard InChI is InChI=1S/C25H26N4O3/c1-15-23(16(2)32-28-15)20-11-22-24(27-12-20)21(18-3-5-19(6-4-18)25(26)30)14-29(22)13-17-7-9-31-10-8-17/h3-6,11-12,14,17H,7-10,13H2,1-2H3,(H2,26,30). The molecule has 0 atom stereocenters. The zero-order chi connectivity index (χ0) is 22.2. The van der Waals surface area contributed by atoms with Crippen LogP contribution in [0.15, 0.2) is 47.2 Å². The average Bonchev–Trinajstić information content (AvgIpc) is 3.33. The van der Waals surface area contributed by atoms with Crippen LogP contribution in [0, 0.1) is 19.8 Å². The molecule has 1 saturated heterocycles. The third-order valence-corrected chi connectivity index (χ3v) is 6.32. The molecule has 1 fully saturated rings. The maximum atomic E-state index is 11.5. The van der Waals surface area contributed by atoms with E-state index >= 15 is 0 Å². The Labute approximate surface area is 186 Å². The zero-order valence-electron chi connectivity index (χ0n) is 18.3. The predicted molar refractivity (Wildman–Crippen MR) is 122 cm³/mol. The first-order valence-corrected chi connectivity index (χ1v) is 10.9. The highest BCUT2D eigenvalue weighted by Crippen LogP contribution is 2.35. The van der Waals surface area contributed by atoms with Crippen molar-refractivity contribution >= 4 is 16.9 Å². The molecule has 0 bridgehead atoms. The minimum atomic E-state index is -0.430. The summed E-state index contributed by atoms with van der Waals surface area (Å²) in [5, 5.41) is 4.10. The van der Waals surface area contributed by atoms with E-state index in [9.17, 15) is 4.79 Å². The molecule has 3 aromatic heterocycles. The monoisotopic (exact) mass is 430 g/mol. The van der Waals surface area contributed by atoms with Crippen LogP contribution >= 0.6 is 0 Å². The molecule has 0 unspecified atom stereocenters. The summed E-state index contributed by atoms with van der Waals surface area (Å²) < 4.78 is 13.2. The topological polar surface area (TPSA) is 96.2 Å². The SMILES string of the molecule is Cc1noc(C)c1-c1cnc2c(-c3ccc(C(N)=O)cc3)cn(CC3CCOCC3)c2c1. The molecule has 5 rings (SSSR count). The van der Waals surface area contributed by atoms with Gasteiger partial charge >= 0.3 is 0 Å². The van der Waals surface area contributed by atoms with Crippen molar-refractivity contribution in [2.24, 2.45) is 11.7 Å². The summed E-state index contributed by atoms with van der Waals surface area (Å²) in [6, 6.07) is 9.56. The normalized spacial score (nSPS) is 14.8. The number of ether oxygens (including phenoxy) is 1. The highest BCUT2D eigenvalue weighted by molar-refractivity contribution is 5.97. The molecule has 7 nitrogen and oxygen atoms in total. The van der Waals surface area contributed by atoms with Gasteiger partial charge in [-0.2, -0.15) is 0 Å². The first kappa shape index (κ1) is 20.5. The molecule has 7 heteroatoms. The number of aromatic nitrogens is 3. The summed E-state index contributed by atoms with van der Waals surface area (Å²) in [4.78, 5) is 16.3. The number of nitrogens with zero attached hydrogens (tertiary/aromatic N) is 3. The Bertz CT molecular complexity index is 1260. The molecule has 1 aliphatic heterocycles. The number of hydrogen-bond donors (Lipinski definition) is 1. The molecule has 0 aliphatic carbocycles. The molecule has 1 amide bonds. The molecule has 1 aromatic carbocycles. The molecular weight excluding hydrogens is 404 g/mol. The zero-order valence-corrected chi connectivity index (χ0v) is 18.3. The van der Waals surface area contributed by atoms with Crippen LogP contribution in [0.4, 0.5) is 0 Å². The van der Waals surface area contributed by atoms with Crippen molar-refractivity contribution in [1.82, 2.24) is 14.7 Å². The van der Waals surface area contributed by atoms with E-state index in [1.165, 1.54) is 0 Å². The highest BCUT2D eigenvalue weighted by Gasteiger charge is 2.20. The molecule has 32 heavy (non-hydrogen) atoms. The van der Waals surface area contributed by atoms with Gasteiger partial charge in [0.15, 0.2) is 0 Å². The van der Waals surface area contributed by atoms with E-state index in [-0.39, 0.29) is 0 Å². The van der Waals surface area contributed by atoms with Gasteiger partial charge in [0.05, 0.1) is 16.7 Å². The van der Waals surface area contributed by atoms with Crippen LogP contribution in [-0.2, 0) is 11.3 Å². The summed E-state index contributed by atoms with van der Waals surface area (Å²) in [6.45, 7) is 6.41. The van der Waals surface area contributed by atoms with Crippen LogP contribution in [-0.4, -0.2) is 33.8 Å². The van der Waals surface area contributed by atoms with Gasteiger partial charge in [-0.25, -0.2) is 0 Å². The number of nitrogens with two attached hydrogens (primary N) is 1. The summed E-state index contributed by atoms with van der Waals surface area (Å²) in [5.74, 6) is 0.918. The molecule has 164 valence electrons. The molecule has 1 aliphatic rings. The fraction of sp³-hybridized carbons (Fsp3) is 0.320. The lowest BCUT2D eigenvalue weighted by atomic mass is 10.0. The van der Waals surface area contributed by atoms with Crippen molar-refractivity contribution in [3.63, 3.8) is 0 Å². The number of benzene rings is 1. The number of amides is 1. The number of hydrogen-bond acceptors (Lipinski definition) is 5. The fourth-order valence-electron chi connectivity index (χ4n) is 4.58. The largest absolute Gasteiger partial charge is 0.381 e. The van der Waals surface area contributed by atoms with E-state index in [1.807, 2.05) is 32.2 Å². The molecule has 0 spiro atoms. The minimum absolute atomic E-state index is 0.430. The van der Waals surface area contributed by atoms with Gasteiger partial charge in [-0.3, -0.25) is 9.78 Å². The first-order chi connectivity index (χ1) is 15.5. The van der Waals surface area contributed by atoms with E-state index in [4.69, 9.17) is 20.0 Å². The third kappa shape index (κ3) is 3.69. The van der Waals surface area contributed by atoms with Gasteiger partial charge < -0.3 is 19.6 Å². The highest BCUT2D eigenvalue weighted by atomic mass is 16.5. The van der Waals surface area contributed by atoms with E-state index < -0.39 is 5.91 Å². The second-order valence-electron chi connectivity index (χ2n) is 8.48. The lowest BCUT2D eigenvalue weighted by Crippen LogP contribution is -2.20. The van der Waals surface area contributed by atoms with Gasteiger partial charge in [-0.1, -0.05) is 17.3 Å². The van der Waals surface area contributed by atoms with Crippen LogP contribution in [0.2, 0.25) is 0 Å². The summed E-state index contributed by atoms with van der Waals surface area (Å²) in [7, 11) is 0. The summed E-state index contributed by atoms with van der Waals surface area (Å²) in [6.07, 6.45) is 6.16. The second kappa shape index (κ2) is 8.24. The number of primary amides is 1. The number of fused-ring (bicyclic) bond motifs is 1.